The summed E-state index contributed by atoms with van der Waals surface area (Å²) in [5, 5.41) is 2.40. The fraction of sp³-hybridized carbons (Fsp3) is 0.467. The predicted octanol–water partition coefficient (Wildman–Crippen LogP) is 11.1. The van der Waals surface area contributed by atoms with Gasteiger partial charge in [0.05, 0.1) is 5.54 Å². The molecule has 5 nitrogen and oxygen atoms in total. The molecule has 0 saturated heterocycles. The molecule has 1 aliphatic carbocycles. The summed E-state index contributed by atoms with van der Waals surface area (Å²) >= 11 is 0. The van der Waals surface area contributed by atoms with Crippen molar-refractivity contribution in [3.63, 3.8) is 0 Å². The van der Waals surface area contributed by atoms with Gasteiger partial charge in [-0.1, -0.05) is 111 Å². The van der Waals surface area contributed by atoms with E-state index in [0.717, 1.165) is 39.0 Å². The average Bonchev–Trinajstić information content (AvgIpc) is 3.79. The maximum Gasteiger partial charge on any atom is 2.00 e. The monoisotopic (exact) mass is 860 g/mol. The molecule has 6 heteroatoms. The number of nitrogens with zero attached hydrogens (tertiary/aromatic N) is 3. The molecule has 2 aromatic heterocycles. The van der Waals surface area contributed by atoms with Crippen molar-refractivity contribution in [3.05, 3.63) is 93.7 Å². The first-order valence-corrected chi connectivity index (χ1v) is 18.5. The number of aromatic nitrogens is 2. The van der Waals surface area contributed by atoms with E-state index in [4.69, 9.17) is 19.5 Å². The van der Waals surface area contributed by atoms with E-state index in [-0.39, 0.29) is 42.8 Å². The Hall–Kier alpha value is -3.43. The maximum atomic E-state index is 6.82. The average molecular weight is 861 g/mol. The van der Waals surface area contributed by atoms with Crippen LogP contribution in [0, 0.1) is 31.9 Å². The van der Waals surface area contributed by atoms with Crippen LogP contribution in [0.3, 0.4) is 0 Å². The summed E-state index contributed by atoms with van der Waals surface area (Å²) < 4.78 is 15.5. The first-order valence-electron chi connectivity index (χ1n) is 18.5. The van der Waals surface area contributed by atoms with Crippen molar-refractivity contribution in [2.24, 2.45) is 10.9 Å². The number of fused-ring (bicyclic) bond motifs is 5. The fourth-order valence-corrected chi connectivity index (χ4v) is 8.43. The van der Waals surface area contributed by atoms with E-state index in [1.165, 1.54) is 53.3 Å². The summed E-state index contributed by atoms with van der Waals surface area (Å²) in [5.74, 6) is 3.54. The van der Waals surface area contributed by atoms with Gasteiger partial charge in [0.1, 0.15) is 18.3 Å². The second-order valence-electron chi connectivity index (χ2n) is 18.1. The maximum absolute atomic E-state index is 6.82. The molecule has 3 aliphatic rings. The van der Waals surface area contributed by atoms with Crippen LogP contribution in [0.15, 0.2) is 47.6 Å². The van der Waals surface area contributed by atoms with Crippen LogP contribution in [-0.2, 0) is 42.0 Å². The van der Waals surface area contributed by atoms with Gasteiger partial charge in [0.2, 0.25) is 0 Å². The van der Waals surface area contributed by atoms with Crippen LogP contribution in [0.25, 0.3) is 27.6 Å². The van der Waals surface area contributed by atoms with Crippen LogP contribution in [0.2, 0.25) is 0 Å². The van der Waals surface area contributed by atoms with Crippen LogP contribution in [0.1, 0.15) is 127 Å². The number of rotatable bonds is 4. The number of aryl methyl sites for hydroxylation is 2. The van der Waals surface area contributed by atoms with Crippen molar-refractivity contribution in [1.82, 2.24) is 9.55 Å². The van der Waals surface area contributed by atoms with Crippen LogP contribution >= 0.6 is 0 Å². The van der Waals surface area contributed by atoms with E-state index in [2.05, 4.69) is 129 Å². The van der Waals surface area contributed by atoms with E-state index in [9.17, 15) is 0 Å². The molecule has 8 rings (SSSR count). The van der Waals surface area contributed by atoms with E-state index in [0.29, 0.717) is 29.9 Å². The van der Waals surface area contributed by atoms with E-state index < -0.39 is 0 Å². The largest absolute Gasteiger partial charge is 2.00 e. The predicted molar refractivity (Wildman–Crippen MR) is 205 cm³/mol. The van der Waals surface area contributed by atoms with Crippen LogP contribution in [0.4, 0.5) is 0 Å². The second kappa shape index (κ2) is 12.1. The summed E-state index contributed by atoms with van der Waals surface area (Å²) in [7, 11) is 0. The summed E-state index contributed by atoms with van der Waals surface area (Å²) in [5.41, 5.74) is 9.73. The van der Waals surface area contributed by atoms with Crippen molar-refractivity contribution in [2.45, 2.75) is 124 Å². The van der Waals surface area contributed by atoms with Gasteiger partial charge < -0.3 is 14.0 Å². The molecule has 0 unspecified atom stereocenters. The molecular formula is C45H51N3O2Pt. The molecule has 0 spiro atoms. The van der Waals surface area contributed by atoms with E-state index in [1.807, 2.05) is 6.20 Å². The molecule has 5 aromatic rings. The topological polar surface area (TPSA) is 48.6 Å². The van der Waals surface area contributed by atoms with Crippen molar-refractivity contribution in [2.75, 3.05) is 6.61 Å². The Labute approximate surface area is 318 Å². The molecule has 0 bridgehead atoms. The fourth-order valence-electron chi connectivity index (χ4n) is 8.43. The van der Waals surface area contributed by atoms with Crippen LogP contribution in [-0.4, -0.2) is 27.6 Å². The molecule has 1 atom stereocenters. The molecule has 4 heterocycles. The minimum atomic E-state index is -0.218. The van der Waals surface area contributed by atoms with E-state index >= 15 is 0 Å². The number of hydrogen-bond donors (Lipinski definition) is 0. The zero-order valence-electron chi connectivity index (χ0n) is 32.1. The van der Waals surface area contributed by atoms with Crippen molar-refractivity contribution < 1.29 is 30.5 Å². The number of benzene rings is 3. The zero-order chi connectivity index (χ0) is 35.5. The number of aliphatic imine (C=N–C) groups is 1. The smallest absolute Gasteiger partial charge is 0.518 e. The molecule has 0 radical (unpaired) electrons. The number of hydrogen-bond acceptors (Lipinski definition) is 4. The van der Waals surface area contributed by atoms with Gasteiger partial charge in [-0.15, -0.1) is 28.6 Å². The molecule has 2 aliphatic heterocycles. The van der Waals surface area contributed by atoms with Gasteiger partial charge in [-0.25, -0.2) is 4.98 Å². The Morgan fingerprint density at radius 2 is 1.53 bits per heavy atom. The van der Waals surface area contributed by atoms with Crippen molar-refractivity contribution in [1.29, 1.82) is 0 Å². The third-order valence-electron chi connectivity index (χ3n) is 11.7. The summed E-state index contributed by atoms with van der Waals surface area (Å²) in [6.07, 6.45) is 6.99. The van der Waals surface area contributed by atoms with Gasteiger partial charge in [0.25, 0.3) is 0 Å². The Bertz CT molecular complexity index is 2240. The van der Waals surface area contributed by atoms with Gasteiger partial charge >= 0.3 is 21.1 Å². The van der Waals surface area contributed by atoms with Crippen molar-refractivity contribution >= 4 is 27.7 Å². The normalized spacial score (nSPS) is 19.9. The molecule has 0 N–H and O–H groups in total. The summed E-state index contributed by atoms with van der Waals surface area (Å²) in [6.45, 7) is 25.4. The van der Waals surface area contributed by atoms with Gasteiger partial charge in [-0.2, -0.15) is 6.07 Å². The SMILES string of the molecule is Cc1cnc2c(c1)C(C)(C)c1cc(C(C)(C)C)cc3c4cc(C)c(Oc5[c-]c(C6=N[C@](C)(C7CCCC7)CO6)cc(C(C)(C)C)c5)[c-]c4n-2c13.[Pt+2]. The molecule has 3 aromatic carbocycles. The third-order valence-corrected chi connectivity index (χ3v) is 11.7. The summed E-state index contributed by atoms with van der Waals surface area (Å²) in [6, 6.07) is 21.0. The quantitative estimate of drug-likeness (QED) is 0.169. The molecule has 0 amide bonds. The number of pyridine rings is 1. The van der Waals surface area contributed by atoms with Gasteiger partial charge in [-0.05, 0) is 71.6 Å². The molecule has 268 valence electrons. The second-order valence-corrected chi connectivity index (χ2v) is 18.1. The summed E-state index contributed by atoms with van der Waals surface area (Å²) in [4.78, 5) is 10.3. The first kappa shape index (κ1) is 35.9. The Morgan fingerprint density at radius 1 is 0.843 bits per heavy atom. The standard InChI is InChI=1S/C45H51N3O2.Pt/c1-26-16-36-40(46-24-26)48-37-23-38(27(2)17-33(37)34-21-31(43(6,7)8)22-35(39(34)48)44(36,9)10)50-32-19-28(18-30(20-32)42(3,4)5)41-47-45(11,25-49-41)29-14-12-13-15-29;/h16-18,20-22,24,29H,12-15,25H2,1-11H3;/q-2;+2/t45-;/m0./s1. The van der Waals surface area contributed by atoms with Crippen LogP contribution < -0.4 is 4.74 Å². The van der Waals surface area contributed by atoms with Crippen molar-refractivity contribution in [3.8, 4) is 17.3 Å². The molecule has 1 saturated carbocycles. The molecule has 1 fully saturated rings. The van der Waals surface area contributed by atoms with Gasteiger partial charge in [-0.3, -0.25) is 4.99 Å². The Kier molecular flexibility index (Phi) is 8.50. The van der Waals surface area contributed by atoms with Crippen LogP contribution in [0.5, 0.6) is 11.5 Å². The number of ether oxygens (including phenoxy) is 2. The minimum Gasteiger partial charge on any atom is -0.518 e. The Balaban J connectivity index is 0.00000406. The van der Waals surface area contributed by atoms with Gasteiger partial charge in [0.15, 0.2) is 0 Å². The minimum absolute atomic E-state index is 0. The van der Waals surface area contributed by atoms with E-state index in [1.54, 1.807) is 0 Å². The first-order chi connectivity index (χ1) is 23.4. The molecule has 51 heavy (non-hydrogen) atoms. The van der Waals surface area contributed by atoms with Gasteiger partial charge in [0, 0.05) is 34.2 Å². The Morgan fingerprint density at radius 3 is 2.22 bits per heavy atom. The zero-order valence-corrected chi connectivity index (χ0v) is 34.4. The third kappa shape index (κ3) is 5.87. The molecular weight excluding hydrogens is 810 g/mol.